The number of carbonyl (C=O) groups is 1. The number of carbonyl (C=O) groups excluding carboxylic acids is 1. The monoisotopic (exact) mass is 430 g/mol. The first-order valence-corrected chi connectivity index (χ1v) is 11.1. The van der Waals surface area contributed by atoms with Gasteiger partial charge in [0, 0.05) is 29.4 Å². The van der Waals surface area contributed by atoms with Crippen molar-refractivity contribution in [2.24, 2.45) is 0 Å². The van der Waals surface area contributed by atoms with E-state index < -0.39 is 0 Å². The molecule has 1 aliphatic rings. The van der Waals surface area contributed by atoms with Gasteiger partial charge in [0.25, 0.3) is 5.56 Å². The van der Waals surface area contributed by atoms with Gasteiger partial charge in [-0.2, -0.15) is 0 Å². The number of para-hydroxylation sites is 1. The number of aryl methyl sites for hydroxylation is 2. The second kappa shape index (κ2) is 8.49. The maximum Gasteiger partial charge on any atom is 0.258 e. The smallest absolute Gasteiger partial charge is 0.258 e. The number of aromatic nitrogens is 3. The molecule has 2 aromatic carbocycles. The number of nitrogens with zero attached hydrogens (tertiary/aromatic N) is 1. The highest BCUT2D eigenvalue weighted by molar-refractivity contribution is 5.87. The lowest BCUT2D eigenvalue weighted by Crippen LogP contribution is -2.31. The van der Waals surface area contributed by atoms with Gasteiger partial charge in [0.05, 0.1) is 24.1 Å². The molecule has 5 rings (SSSR count). The van der Waals surface area contributed by atoms with Crippen LogP contribution in [0.25, 0.3) is 21.8 Å². The predicted octanol–water partition coefficient (Wildman–Crippen LogP) is 3.93. The summed E-state index contributed by atoms with van der Waals surface area (Å²) in [7, 11) is 1.67. The van der Waals surface area contributed by atoms with Gasteiger partial charge < -0.3 is 20.0 Å². The molecule has 4 aromatic rings. The van der Waals surface area contributed by atoms with Crippen LogP contribution >= 0.6 is 0 Å². The average Bonchev–Trinajstić information content (AvgIpc) is 3.18. The molecule has 1 unspecified atom stereocenters. The lowest BCUT2D eigenvalue weighted by atomic mass is 9.91. The molecule has 164 valence electrons. The van der Waals surface area contributed by atoms with Crippen LogP contribution in [0.15, 0.2) is 47.3 Å². The van der Waals surface area contributed by atoms with Crippen LogP contribution in [0.1, 0.15) is 48.8 Å². The van der Waals surface area contributed by atoms with Crippen LogP contribution in [0.3, 0.4) is 0 Å². The number of fused-ring (bicyclic) bond motifs is 4. The number of methoxy groups -OCH3 is 1. The first-order valence-electron chi connectivity index (χ1n) is 11.1. The van der Waals surface area contributed by atoms with E-state index >= 15 is 0 Å². The van der Waals surface area contributed by atoms with Crippen molar-refractivity contribution in [1.29, 1.82) is 0 Å². The minimum absolute atomic E-state index is 0.0109. The molecule has 2 heterocycles. The molecule has 1 aliphatic carbocycles. The van der Waals surface area contributed by atoms with Crippen molar-refractivity contribution in [3.8, 4) is 5.75 Å². The molecule has 0 radical (unpaired) electrons. The van der Waals surface area contributed by atoms with E-state index in [0.717, 1.165) is 36.2 Å². The predicted molar refractivity (Wildman–Crippen MR) is 124 cm³/mol. The van der Waals surface area contributed by atoms with Gasteiger partial charge in [-0.05, 0) is 61.6 Å². The maximum absolute atomic E-state index is 12.7. The topological polar surface area (TPSA) is 99.9 Å². The zero-order chi connectivity index (χ0) is 22.1. The van der Waals surface area contributed by atoms with Gasteiger partial charge in [0.1, 0.15) is 11.6 Å². The second-order valence-corrected chi connectivity index (χ2v) is 8.32. The van der Waals surface area contributed by atoms with Gasteiger partial charge >= 0.3 is 0 Å². The molecular weight excluding hydrogens is 404 g/mol. The molecule has 0 aliphatic heterocycles. The Morgan fingerprint density at radius 2 is 2.06 bits per heavy atom. The van der Waals surface area contributed by atoms with Crippen molar-refractivity contribution in [3.05, 3.63) is 69.9 Å². The van der Waals surface area contributed by atoms with Crippen LogP contribution < -0.4 is 15.6 Å². The van der Waals surface area contributed by atoms with Gasteiger partial charge in [-0.15, -0.1) is 0 Å². The summed E-state index contributed by atoms with van der Waals surface area (Å²) in [6.45, 7) is 0. The van der Waals surface area contributed by atoms with Gasteiger partial charge in [0.15, 0.2) is 0 Å². The zero-order valence-electron chi connectivity index (χ0n) is 18.0. The molecule has 1 amide bonds. The van der Waals surface area contributed by atoms with Crippen molar-refractivity contribution in [2.45, 2.75) is 44.6 Å². The summed E-state index contributed by atoms with van der Waals surface area (Å²) in [5, 5.41) is 4.95. The van der Waals surface area contributed by atoms with Crippen molar-refractivity contribution in [2.75, 3.05) is 7.11 Å². The van der Waals surface area contributed by atoms with Gasteiger partial charge in [0.2, 0.25) is 5.91 Å². The summed E-state index contributed by atoms with van der Waals surface area (Å²) in [6, 6.07) is 13.3. The zero-order valence-corrected chi connectivity index (χ0v) is 18.0. The van der Waals surface area contributed by atoms with E-state index in [9.17, 15) is 9.59 Å². The van der Waals surface area contributed by atoms with E-state index in [-0.39, 0.29) is 17.5 Å². The number of amides is 1. The molecular formula is C25H26N4O3. The van der Waals surface area contributed by atoms with Crippen LogP contribution in [0.2, 0.25) is 0 Å². The van der Waals surface area contributed by atoms with Crippen LogP contribution in [0, 0.1) is 0 Å². The third-order valence-corrected chi connectivity index (χ3v) is 6.23. The summed E-state index contributed by atoms with van der Waals surface area (Å²) in [5.41, 5.74) is 3.99. The molecule has 2 aromatic heterocycles. The van der Waals surface area contributed by atoms with E-state index in [4.69, 9.17) is 4.74 Å². The lowest BCUT2D eigenvalue weighted by Gasteiger charge is -2.24. The Morgan fingerprint density at radius 3 is 2.94 bits per heavy atom. The Labute approximate surface area is 185 Å². The van der Waals surface area contributed by atoms with E-state index in [1.165, 1.54) is 10.9 Å². The van der Waals surface area contributed by atoms with Gasteiger partial charge in [-0.3, -0.25) is 9.59 Å². The summed E-state index contributed by atoms with van der Waals surface area (Å²) >= 11 is 0. The highest BCUT2D eigenvalue weighted by Gasteiger charge is 2.25. The maximum atomic E-state index is 12.7. The van der Waals surface area contributed by atoms with E-state index in [1.54, 1.807) is 13.2 Å². The molecule has 0 saturated carbocycles. The minimum atomic E-state index is -0.139. The SMILES string of the molecule is COc1ccc2[nH]c3c(c2c1)CCCC3NC(=O)CCCc1nc2ccccc2c(=O)[nH]1. The van der Waals surface area contributed by atoms with Gasteiger partial charge in [-0.1, -0.05) is 12.1 Å². The Balaban J connectivity index is 1.24. The number of benzene rings is 2. The Hall–Kier alpha value is -3.61. The van der Waals surface area contributed by atoms with Crippen molar-refractivity contribution >= 4 is 27.7 Å². The summed E-state index contributed by atoms with van der Waals surface area (Å²) in [5.74, 6) is 1.47. The number of ether oxygens (including phenoxy) is 1. The highest BCUT2D eigenvalue weighted by Crippen LogP contribution is 2.36. The Morgan fingerprint density at radius 1 is 1.19 bits per heavy atom. The molecule has 1 atom stereocenters. The number of aromatic amines is 2. The summed E-state index contributed by atoms with van der Waals surface area (Å²) < 4.78 is 5.38. The van der Waals surface area contributed by atoms with E-state index in [1.807, 2.05) is 30.3 Å². The normalized spacial score (nSPS) is 15.6. The van der Waals surface area contributed by atoms with Crippen LogP contribution in [-0.4, -0.2) is 28.0 Å². The standard InChI is InChI=1S/C25H26N4O3/c1-32-15-12-13-20-18(14-15)16-7-4-9-21(24(16)28-20)27-23(30)11-5-10-22-26-19-8-3-2-6-17(19)25(31)29-22/h2-3,6,8,12-14,21,28H,4-5,7,9-11H2,1H3,(H,27,30)(H,26,29,31). The van der Waals surface area contributed by atoms with E-state index in [0.29, 0.717) is 36.0 Å². The van der Waals surface area contributed by atoms with Crippen molar-refractivity contribution in [3.63, 3.8) is 0 Å². The first kappa shape index (κ1) is 20.3. The van der Waals surface area contributed by atoms with Crippen LogP contribution in [-0.2, 0) is 17.6 Å². The van der Waals surface area contributed by atoms with Gasteiger partial charge in [-0.25, -0.2) is 4.98 Å². The average molecular weight is 431 g/mol. The fourth-order valence-electron chi connectivity index (χ4n) is 4.65. The lowest BCUT2D eigenvalue weighted by molar-refractivity contribution is -0.122. The molecule has 0 spiro atoms. The van der Waals surface area contributed by atoms with Crippen molar-refractivity contribution < 1.29 is 9.53 Å². The highest BCUT2D eigenvalue weighted by atomic mass is 16.5. The number of hydrogen-bond donors (Lipinski definition) is 3. The summed E-state index contributed by atoms with van der Waals surface area (Å²) in [4.78, 5) is 35.7. The molecule has 0 saturated heterocycles. The quantitative estimate of drug-likeness (QED) is 0.431. The second-order valence-electron chi connectivity index (χ2n) is 8.32. The fourth-order valence-corrected chi connectivity index (χ4v) is 4.65. The van der Waals surface area contributed by atoms with Crippen LogP contribution in [0.4, 0.5) is 0 Å². The number of hydrogen-bond acceptors (Lipinski definition) is 4. The van der Waals surface area contributed by atoms with Crippen molar-refractivity contribution in [1.82, 2.24) is 20.3 Å². The number of nitrogens with one attached hydrogen (secondary N) is 3. The largest absolute Gasteiger partial charge is 0.497 e. The number of rotatable bonds is 6. The van der Waals surface area contributed by atoms with E-state index in [2.05, 4.69) is 26.3 Å². The Kier molecular flexibility index (Phi) is 5.39. The summed E-state index contributed by atoms with van der Waals surface area (Å²) in [6.07, 6.45) is 4.51. The number of H-pyrrole nitrogens is 2. The molecule has 32 heavy (non-hydrogen) atoms. The molecule has 3 N–H and O–H groups in total. The molecule has 7 nitrogen and oxygen atoms in total. The Bertz CT molecular complexity index is 1350. The molecule has 0 bridgehead atoms. The minimum Gasteiger partial charge on any atom is -0.497 e. The fraction of sp³-hybridized carbons (Fsp3) is 0.320. The first-order chi connectivity index (χ1) is 15.6. The third-order valence-electron chi connectivity index (χ3n) is 6.23. The van der Waals surface area contributed by atoms with Crippen LogP contribution in [0.5, 0.6) is 5.75 Å². The molecule has 7 heteroatoms. The third kappa shape index (κ3) is 3.86. The molecule has 0 fully saturated rings.